The van der Waals surface area contributed by atoms with Crippen LogP contribution in [-0.2, 0) is 20.9 Å². The first-order valence-electron chi connectivity index (χ1n) is 9.26. The van der Waals surface area contributed by atoms with Crippen LogP contribution >= 0.6 is 0 Å². The van der Waals surface area contributed by atoms with Crippen molar-refractivity contribution in [3.05, 3.63) is 60.2 Å². The fraction of sp³-hybridized carbons (Fsp3) is 0.450. The van der Waals surface area contributed by atoms with Gasteiger partial charge in [0.2, 0.25) is 0 Å². The summed E-state index contributed by atoms with van der Waals surface area (Å²) in [6, 6.07) is 9.67. The molecule has 1 aromatic heterocycles. The summed E-state index contributed by atoms with van der Waals surface area (Å²) in [5, 5.41) is 10.4. The van der Waals surface area contributed by atoms with Crippen molar-refractivity contribution in [2.75, 3.05) is 0 Å². The zero-order valence-corrected chi connectivity index (χ0v) is 14.8. The van der Waals surface area contributed by atoms with Crippen LogP contribution in [0.25, 0.3) is 0 Å². The highest BCUT2D eigenvalue weighted by Crippen LogP contribution is 2.51. The SMILES string of the molecule is O=C1N2[C@H](OC13CC(OCc1ccccc1)C3)[C@H](O)C[C@H]2c1cnccn1. The molecular formula is C20H21N3O4. The number of hydrogen-bond acceptors (Lipinski definition) is 6. The average Bonchev–Trinajstić information content (AvgIpc) is 3.16. The summed E-state index contributed by atoms with van der Waals surface area (Å²) in [5.74, 6) is -0.0701. The lowest BCUT2D eigenvalue weighted by Gasteiger charge is -2.42. The molecule has 1 amide bonds. The van der Waals surface area contributed by atoms with Gasteiger partial charge in [0, 0.05) is 31.7 Å². The summed E-state index contributed by atoms with van der Waals surface area (Å²) in [7, 11) is 0. The van der Waals surface area contributed by atoms with Gasteiger partial charge in [-0.3, -0.25) is 14.8 Å². The van der Waals surface area contributed by atoms with E-state index in [2.05, 4.69) is 9.97 Å². The molecule has 5 rings (SSSR count). The van der Waals surface area contributed by atoms with Crippen LogP contribution in [0, 0.1) is 0 Å². The Morgan fingerprint density at radius 1 is 1.26 bits per heavy atom. The predicted octanol–water partition coefficient (Wildman–Crippen LogP) is 1.59. The summed E-state index contributed by atoms with van der Waals surface area (Å²) < 4.78 is 12.0. The molecule has 7 heteroatoms. The van der Waals surface area contributed by atoms with E-state index >= 15 is 0 Å². The summed E-state index contributed by atoms with van der Waals surface area (Å²) in [6.45, 7) is 0.522. The van der Waals surface area contributed by atoms with Crippen molar-refractivity contribution in [2.24, 2.45) is 0 Å². The summed E-state index contributed by atoms with van der Waals surface area (Å²) >= 11 is 0. The van der Waals surface area contributed by atoms with Crippen LogP contribution in [0.2, 0.25) is 0 Å². The molecule has 0 unspecified atom stereocenters. The Labute approximate surface area is 157 Å². The van der Waals surface area contributed by atoms with Gasteiger partial charge in [0.05, 0.1) is 30.6 Å². The molecule has 0 radical (unpaired) electrons. The molecule has 7 nitrogen and oxygen atoms in total. The number of rotatable bonds is 4. The van der Waals surface area contributed by atoms with E-state index in [4.69, 9.17) is 9.47 Å². The molecular weight excluding hydrogens is 346 g/mol. The fourth-order valence-electron chi connectivity index (χ4n) is 4.33. The molecule has 0 bridgehead atoms. The second kappa shape index (κ2) is 6.37. The van der Waals surface area contributed by atoms with Gasteiger partial charge in [0.25, 0.3) is 5.91 Å². The third kappa shape index (κ3) is 2.74. The molecule has 140 valence electrons. The van der Waals surface area contributed by atoms with Gasteiger partial charge >= 0.3 is 0 Å². The van der Waals surface area contributed by atoms with E-state index in [1.54, 1.807) is 23.5 Å². The lowest BCUT2D eigenvalue weighted by molar-refractivity contribution is -0.186. The van der Waals surface area contributed by atoms with Crippen molar-refractivity contribution in [1.29, 1.82) is 0 Å². The second-order valence-corrected chi connectivity index (χ2v) is 7.49. The van der Waals surface area contributed by atoms with E-state index in [1.165, 1.54) is 0 Å². The maximum absolute atomic E-state index is 13.1. The van der Waals surface area contributed by atoms with Gasteiger partial charge in [-0.1, -0.05) is 30.3 Å². The van der Waals surface area contributed by atoms with Gasteiger partial charge in [0.1, 0.15) is 6.10 Å². The molecule has 3 atom stereocenters. The number of ether oxygens (including phenoxy) is 2. The molecule has 1 N–H and O–H groups in total. The number of benzene rings is 1. The molecule has 2 aromatic rings. The van der Waals surface area contributed by atoms with Crippen LogP contribution in [0.15, 0.2) is 48.9 Å². The number of carbonyl (C=O) groups excluding carboxylic acids is 1. The first kappa shape index (κ1) is 16.8. The third-order valence-corrected chi connectivity index (χ3v) is 5.74. The van der Waals surface area contributed by atoms with Crippen LogP contribution in [-0.4, -0.2) is 49.9 Å². The number of fused-ring (bicyclic) bond motifs is 1. The van der Waals surface area contributed by atoms with Gasteiger partial charge in [-0.25, -0.2) is 0 Å². The summed E-state index contributed by atoms with van der Waals surface area (Å²) in [4.78, 5) is 23.2. The lowest BCUT2D eigenvalue weighted by atomic mass is 9.76. The maximum atomic E-state index is 13.1. The first-order chi connectivity index (χ1) is 13.2. The van der Waals surface area contributed by atoms with Gasteiger partial charge in [-0.2, -0.15) is 0 Å². The molecule has 2 saturated heterocycles. The Hall–Kier alpha value is -2.35. The molecule has 1 aromatic carbocycles. The van der Waals surface area contributed by atoms with E-state index in [-0.39, 0.29) is 18.1 Å². The van der Waals surface area contributed by atoms with Crippen molar-refractivity contribution >= 4 is 5.91 Å². The molecule has 1 aliphatic carbocycles. The van der Waals surface area contributed by atoms with E-state index in [0.29, 0.717) is 31.6 Å². The van der Waals surface area contributed by atoms with E-state index in [9.17, 15) is 9.90 Å². The Kier molecular flexibility index (Phi) is 3.96. The summed E-state index contributed by atoms with van der Waals surface area (Å²) in [5.41, 5.74) is 0.925. The van der Waals surface area contributed by atoms with Crippen LogP contribution < -0.4 is 0 Å². The molecule has 1 saturated carbocycles. The Balaban J connectivity index is 1.27. The fourth-order valence-corrected chi connectivity index (χ4v) is 4.33. The van der Waals surface area contributed by atoms with Crippen molar-refractivity contribution in [3.63, 3.8) is 0 Å². The highest BCUT2D eigenvalue weighted by molar-refractivity contribution is 5.89. The van der Waals surface area contributed by atoms with E-state index in [1.807, 2.05) is 30.3 Å². The second-order valence-electron chi connectivity index (χ2n) is 7.49. The molecule has 3 aliphatic rings. The number of aliphatic hydroxyl groups is 1. The molecule has 1 spiro atoms. The third-order valence-electron chi connectivity index (χ3n) is 5.74. The zero-order valence-electron chi connectivity index (χ0n) is 14.8. The van der Waals surface area contributed by atoms with E-state index in [0.717, 1.165) is 5.56 Å². The van der Waals surface area contributed by atoms with Gasteiger partial charge in [-0.15, -0.1) is 0 Å². The number of hydrogen-bond donors (Lipinski definition) is 1. The predicted molar refractivity (Wildman–Crippen MR) is 94.1 cm³/mol. The van der Waals surface area contributed by atoms with Crippen LogP contribution in [0.3, 0.4) is 0 Å². The normalized spacial score (nSPS) is 34.7. The van der Waals surface area contributed by atoms with E-state index < -0.39 is 17.9 Å². The smallest absolute Gasteiger partial charge is 0.257 e. The number of aromatic nitrogens is 2. The molecule has 3 fully saturated rings. The monoisotopic (exact) mass is 367 g/mol. The minimum absolute atomic E-state index is 0.0127. The molecule has 3 heterocycles. The van der Waals surface area contributed by atoms with Gasteiger partial charge < -0.3 is 19.5 Å². The first-order valence-corrected chi connectivity index (χ1v) is 9.26. The van der Waals surface area contributed by atoms with Gasteiger partial charge in [0.15, 0.2) is 11.8 Å². The topological polar surface area (TPSA) is 84.8 Å². The summed E-state index contributed by atoms with van der Waals surface area (Å²) in [6.07, 6.45) is 4.95. The Morgan fingerprint density at radius 3 is 2.81 bits per heavy atom. The van der Waals surface area contributed by atoms with Crippen LogP contribution in [0.4, 0.5) is 0 Å². The maximum Gasteiger partial charge on any atom is 0.257 e. The largest absolute Gasteiger partial charge is 0.388 e. The molecule has 27 heavy (non-hydrogen) atoms. The number of aliphatic hydroxyl groups excluding tert-OH is 1. The minimum atomic E-state index is -0.867. The van der Waals surface area contributed by atoms with Crippen LogP contribution in [0.1, 0.15) is 36.6 Å². The average molecular weight is 367 g/mol. The number of nitrogens with zero attached hydrogens (tertiary/aromatic N) is 3. The van der Waals surface area contributed by atoms with Gasteiger partial charge in [-0.05, 0) is 5.56 Å². The highest BCUT2D eigenvalue weighted by atomic mass is 16.6. The van der Waals surface area contributed by atoms with Crippen molar-refractivity contribution in [1.82, 2.24) is 14.9 Å². The van der Waals surface area contributed by atoms with Crippen LogP contribution in [0.5, 0.6) is 0 Å². The Bertz CT molecular complexity index is 826. The van der Waals surface area contributed by atoms with Crippen molar-refractivity contribution in [3.8, 4) is 0 Å². The quantitative estimate of drug-likeness (QED) is 0.883. The lowest BCUT2D eigenvalue weighted by Crippen LogP contribution is -2.55. The molecule has 2 aliphatic heterocycles. The highest BCUT2D eigenvalue weighted by Gasteiger charge is 2.65. The number of amides is 1. The zero-order chi connectivity index (χ0) is 18.4. The van der Waals surface area contributed by atoms with Crippen molar-refractivity contribution in [2.45, 2.75) is 55.9 Å². The van der Waals surface area contributed by atoms with Crippen molar-refractivity contribution < 1.29 is 19.4 Å². The minimum Gasteiger partial charge on any atom is -0.388 e. The Morgan fingerprint density at radius 2 is 2.07 bits per heavy atom. The number of carbonyl (C=O) groups is 1. The standard InChI is InChI=1S/C20H21N3O4/c24-17-8-16(15-11-21-6-7-22-15)23-18(17)27-20(19(23)25)9-14(10-20)26-12-13-4-2-1-3-5-13/h1-7,11,14,16-18,24H,8-10,12H2/t14?,16-,17+,18+,20?/m0/s1.